The number of hydrogen-bond acceptors (Lipinski definition) is 4. The maximum atomic E-state index is 12.0. The second-order valence-corrected chi connectivity index (χ2v) is 5.03. The predicted molar refractivity (Wildman–Crippen MR) is 82.0 cm³/mol. The van der Waals surface area contributed by atoms with Crippen LogP contribution in [0, 0.1) is 0 Å². The molecule has 0 saturated heterocycles. The lowest BCUT2D eigenvalue weighted by molar-refractivity contribution is -0.143. The lowest BCUT2D eigenvalue weighted by Crippen LogP contribution is -2.38. The van der Waals surface area contributed by atoms with Crippen LogP contribution in [0.4, 0.5) is 0 Å². The Balaban J connectivity index is 2.65. The van der Waals surface area contributed by atoms with E-state index in [-0.39, 0.29) is 24.3 Å². The van der Waals surface area contributed by atoms with Crippen molar-refractivity contribution < 1.29 is 14.3 Å². The third-order valence-corrected chi connectivity index (χ3v) is 3.17. The Morgan fingerprint density at radius 3 is 2.52 bits per heavy atom. The Bertz CT molecular complexity index is 448. The normalized spacial score (nSPS) is 12.0. The van der Waals surface area contributed by atoms with Crippen molar-refractivity contribution in [3.63, 3.8) is 0 Å². The summed E-state index contributed by atoms with van der Waals surface area (Å²) in [7, 11) is 3.20. The van der Waals surface area contributed by atoms with E-state index in [2.05, 4.69) is 5.32 Å². The number of nitrogens with zero attached hydrogens (tertiary/aromatic N) is 1. The molecular formula is C16H24N2O3. The molecule has 0 radical (unpaired) electrons. The molecule has 1 N–H and O–H groups in total. The SMILES string of the molecule is CCCNC(=O)CN(C)CC(C(=O)OC)c1ccccc1. The van der Waals surface area contributed by atoms with Gasteiger partial charge in [0.2, 0.25) is 5.91 Å². The molecule has 0 bridgehead atoms. The van der Waals surface area contributed by atoms with Gasteiger partial charge in [-0.1, -0.05) is 37.3 Å². The molecule has 1 atom stereocenters. The van der Waals surface area contributed by atoms with E-state index in [0.717, 1.165) is 12.0 Å². The maximum Gasteiger partial charge on any atom is 0.314 e. The summed E-state index contributed by atoms with van der Waals surface area (Å²) in [6.45, 7) is 3.38. The summed E-state index contributed by atoms with van der Waals surface area (Å²) in [5.74, 6) is -0.710. The van der Waals surface area contributed by atoms with Gasteiger partial charge in [0.15, 0.2) is 0 Å². The van der Waals surface area contributed by atoms with Crippen LogP contribution in [-0.4, -0.2) is 50.6 Å². The van der Waals surface area contributed by atoms with Crippen molar-refractivity contribution >= 4 is 11.9 Å². The molecule has 1 unspecified atom stereocenters. The zero-order chi connectivity index (χ0) is 15.7. The number of carbonyl (C=O) groups is 2. The Kier molecular flexibility index (Phi) is 7.46. The van der Waals surface area contributed by atoms with Gasteiger partial charge in [-0.3, -0.25) is 14.5 Å². The van der Waals surface area contributed by atoms with Crippen molar-refractivity contribution in [3.05, 3.63) is 35.9 Å². The van der Waals surface area contributed by atoms with Gasteiger partial charge in [0.25, 0.3) is 0 Å². The van der Waals surface area contributed by atoms with Crippen LogP contribution < -0.4 is 5.32 Å². The summed E-state index contributed by atoms with van der Waals surface area (Å²) in [6.07, 6.45) is 0.907. The number of amides is 1. The first-order valence-corrected chi connectivity index (χ1v) is 7.16. The fraction of sp³-hybridized carbons (Fsp3) is 0.500. The topological polar surface area (TPSA) is 58.6 Å². The number of likely N-dealkylation sites (N-methyl/N-ethyl adjacent to an activating group) is 1. The monoisotopic (exact) mass is 292 g/mol. The Morgan fingerprint density at radius 2 is 1.95 bits per heavy atom. The standard InChI is InChI=1S/C16H24N2O3/c1-4-10-17-15(19)12-18(2)11-14(16(20)21-3)13-8-6-5-7-9-13/h5-9,14H,4,10-12H2,1-3H3,(H,17,19). The van der Waals surface area contributed by atoms with E-state index in [1.165, 1.54) is 7.11 Å². The predicted octanol–water partition coefficient (Wildman–Crippen LogP) is 1.40. The van der Waals surface area contributed by atoms with Gasteiger partial charge in [-0.25, -0.2) is 0 Å². The van der Waals surface area contributed by atoms with Crippen molar-refractivity contribution in [2.45, 2.75) is 19.3 Å². The molecule has 1 aromatic rings. The molecule has 5 heteroatoms. The molecule has 0 heterocycles. The third kappa shape index (κ3) is 5.95. The zero-order valence-electron chi connectivity index (χ0n) is 13.0. The van der Waals surface area contributed by atoms with Gasteiger partial charge >= 0.3 is 5.97 Å². The van der Waals surface area contributed by atoms with E-state index >= 15 is 0 Å². The second-order valence-electron chi connectivity index (χ2n) is 5.03. The average Bonchev–Trinajstić information content (AvgIpc) is 2.50. The molecule has 0 saturated carbocycles. The van der Waals surface area contributed by atoms with Crippen LogP contribution in [0.5, 0.6) is 0 Å². The van der Waals surface area contributed by atoms with E-state index in [9.17, 15) is 9.59 Å². The van der Waals surface area contributed by atoms with Crippen LogP contribution in [0.15, 0.2) is 30.3 Å². The van der Waals surface area contributed by atoms with Crippen LogP contribution in [0.1, 0.15) is 24.8 Å². The maximum absolute atomic E-state index is 12.0. The minimum Gasteiger partial charge on any atom is -0.469 e. The van der Waals surface area contributed by atoms with E-state index < -0.39 is 0 Å². The molecule has 0 spiro atoms. The summed E-state index contributed by atoms with van der Waals surface area (Å²) in [6, 6.07) is 9.47. The number of carbonyl (C=O) groups excluding carboxylic acids is 2. The molecule has 1 rings (SSSR count). The van der Waals surface area contributed by atoms with Crippen LogP contribution >= 0.6 is 0 Å². The molecule has 21 heavy (non-hydrogen) atoms. The molecule has 0 aliphatic rings. The van der Waals surface area contributed by atoms with Gasteiger partial charge < -0.3 is 10.1 Å². The second kappa shape index (κ2) is 9.13. The summed E-state index contributed by atoms with van der Waals surface area (Å²) in [5, 5.41) is 2.82. The van der Waals surface area contributed by atoms with Gasteiger partial charge in [0.1, 0.15) is 0 Å². The lowest BCUT2D eigenvalue weighted by atomic mass is 9.99. The van der Waals surface area contributed by atoms with Crippen LogP contribution in [-0.2, 0) is 14.3 Å². The van der Waals surface area contributed by atoms with E-state index in [0.29, 0.717) is 13.1 Å². The number of nitrogens with one attached hydrogen (secondary N) is 1. The van der Waals surface area contributed by atoms with E-state index in [1.807, 2.05) is 49.2 Å². The zero-order valence-corrected chi connectivity index (χ0v) is 13.0. The molecule has 0 aliphatic heterocycles. The number of hydrogen-bond donors (Lipinski definition) is 1. The largest absolute Gasteiger partial charge is 0.469 e. The summed E-state index contributed by atoms with van der Waals surface area (Å²) in [5.41, 5.74) is 0.894. The van der Waals surface area contributed by atoms with Gasteiger partial charge in [-0.2, -0.15) is 0 Å². The minimum absolute atomic E-state index is 0.0315. The Morgan fingerprint density at radius 1 is 1.29 bits per heavy atom. The quantitative estimate of drug-likeness (QED) is 0.736. The van der Waals surface area contributed by atoms with Crippen LogP contribution in [0.2, 0.25) is 0 Å². The summed E-state index contributed by atoms with van der Waals surface area (Å²) < 4.78 is 4.87. The Hall–Kier alpha value is -1.88. The highest BCUT2D eigenvalue weighted by atomic mass is 16.5. The summed E-state index contributed by atoms with van der Waals surface area (Å²) >= 11 is 0. The lowest BCUT2D eigenvalue weighted by Gasteiger charge is -2.22. The number of methoxy groups -OCH3 is 1. The fourth-order valence-electron chi connectivity index (χ4n) is 2.09. The molecular weight excluding hydrogens is 268 g/mol. The van der Waals surface area contributed by atoms with Gasteiger partial charge in [0, 0.05) is 13.1 Å². The Labute approximate surface area is 126 Å². The van der Waals surface area contributed by atoms with E-state index in [1.54, 1.807) is 0 Å². The first-order chi connectivity index (χ1) is 10.1. The van der Waals surface area contributed by atoms with Crippen molar-refractivity contribution in [3.8, 4) is 0 Å². The van der Waals surface area contributed by atoms with Crippen molar-refractivity contribution in [2.75, 3.05) is 33.8 Å². The molecule has 0 fully saturated rings. The number of ether oxygens (including phenoxy) is 1. The van der Waals surface area contributed by atoms with Crippen LogP contribution in [0.25, 0.3) is 0 Å². The van der Waals surface area contributed by atoms with Crippen LogP contribution in [0.3, 0.4) is 0 Å². The first kappa shape index (κ1) is 17.2. The molecule has 116 valence electrons. The van der Waals surface area contributed by atoms with Crippen molar-refractivity contribution in [1.29, 1.82) is 0 Å². The average molecular weight is 292 g/mol. The van der Waals surface area contributed by atoms with Gasteiger partial charge in [-0.05, 0) is 19.0 Å². The minimum atomic E-state index is -0.389. The molecule has 0 aromatic heterocycles. The molecule has 5 nitrogen and oxygen atoms in total. The highest BCUT2D eigenvalue weighted by Crippen LogP contribution is 2.18. The molecule has 1 amide bonds. The smallest absolute Gasteiger partial charge is 0.314 e. The number of rotatable bonds is 8. The molecule has 0 aliphatic carbocycles. The van der Waals surface area contributed by atoms with Crippen molar-refractivity contribution in [1.82, 2.24) is 10.2 Å². The van der Waals surface area contributed by atoms with Gasteiger partial charge in [-0.15, -0.1) is 0 Å². The van der Waals surface area contributed by atoms with E-state index in [4.69, 9.17) is 4.74 Å². The van der Waals surface area contributed by atoms with Crippen molar-refractivity contribution in [2.24, 2.45) is 0 Å². The first-order valence-electron chi connectivity index (χ1n) is 7.16. The molecule has 1 aromatic carbocycles. The number of benzene rings is 1. The summed E-state index contributed by atoms with van der Waals surface area (Å²) in [4.78, 5) is 25.5. The third-order valence-electron chi connectivity index (χ3n) is 3.17. The van der Waals surface area contributed by atoms with Gasteiger partial charge in [0.05, 0.1) is 19.6 Å². The highest BCUT2D eigenvalue weighted by molar-refractivity contribution is 5.79. The fourth-order valence-corrected chi connectivity index (χ4v) is 2.09. The highest BCUT2D eigenvalue weighted by Gasteiger charge is 2.23. The number of esters is 1.